The highest BCUT2D eigenvalue weighted by molar-refractivity contribution is 4.52. The molecule has 0 saturated carbocycles. The maximum Gasteiger partial charge on any atom is 0.102 e. The minimum Gasteiger partial charge on any atom is -0.370 e. The summed E-state index contributed by atoms with van der Waals surface area (Å²) in [5, 5.41) is 0. The lowest BCUT2D eigenvalue weighted by Crippen LogP contribution is -2.52. The Kier molecular flexibility index (Phi) is 12.0. The molecule has 0 N–H and O–H groups in total. The highest BCUT2D eigenvalue weighted by Gasteiger charge is 2.24. The third-order valence-electron chi connectivity index (χ3n) is 7.25. The van der Waals surface area contributed by atoms with Gasteiger partial charge >= 0.3 is 0 Å². The molecule has 0 aromatic carbocycles. The Morgan fingerprint density at radius 1 is 0.429 bits per heavy atom. The monoisotopic (exact) mass is 398 g/mol. The van der Waals surface area contributed by atoms with Crippen molar-refractivity contribution in [2.45, 2.75) is 77.0 Å². The van der Waals surface area contributed by atoms with Crippen molar-refractivity contribution in [1.29, 1.82) is 0 Å². The second kappa shape index (κ2) is 14.0. The maximum atomic E-state index is 5.49. The van der Waals surface area contributed by atoms with Gasteiger partial charge in [0.25, 0.3) is 0 Å². The van der Waals surface area contributed by atoms with Crippen LogP contribution in [0, 0.1) is 0 Å². The van der Waals surface area contributed by atoms with Crippen LogP contribution in [0.3, 0.4) is 0 Å². The average molecular weight is 399 g/mol. The van der Waals surface area contributed by atoms with Crippen LogP contribution in [0.4, 0.5) is 0 Å². The van der Waals surface area contributed by atoms with Crippen LogP contribution >= 0.6 is 0 Å². The van der Waals surface area contributed by atoms with Crippen LogP contribution in [0.25, 0.3) is 0 Å². The minimum atomic E-state index is 0.963. The van der Waals surface area contributed by atoms with Crippen LogP contribution in [0.1, 0.15) is 77.0 Å². The van der Waals surface area contributed by atoms with Crippen molar-refractivity contribution >= 4 is 0 Å². The summed E-state index contributed by atoms with van der Waals surface area (Å²) in [7, 11) is 4.82. The van der Waals surface area contributed by atoms with Gasteiger partial charge in [-0.3, -0.25) is 0 Å². The Morgan fingerprint density at radius 2 is 0.679 bits per heavy atom. The molecule has 2 heterocycles. The zero-order chi connectivity index (χ0) is 20.0. The molecular formula is C24H50N2O2+2. The fraction of sp³-hybridized carbons (Fsp3) is 1.00. The third-order valence-corrected chi connectivity index (χ3v) is 7.25. The molecule has 2 aliphatic rings. The molecule has 0 unspecified atom stereocenters. The zero-order valence-electron chi connectivity index (χ0n) is 19.3. The predicted molar refractivity (Wildman–Crippen MR) is 119 cm³/mol. The topological polar surface area (TPSA) is 18.5 Å². The molecule has 0 aromatic heterocycles. The molecule has 4 nitrogen and oxygen atoms in total. The molecule has 0 radical (unpaired) electrons. The summed E-state index contributed by atoms with van der Waals surface area (Å²) in [5.74, 6) is 0. The molecule has 0 aliphatic carbocycles. The second-order valence-corrected chi connectivity index (χ2v) is 10.0. The van der Waals surface area contributed by atoms with Crippen molar-refractivity contribution in [3.05, 3.63) is 0 Å². The van der Waals surface area contributed by atoms with Crippen LogP contribution in [-0.2, 0) is 9.47 Å². The summed E-state index contributed by atoms with van der Waals surface area (Å²) in [6.07, 6.45) is 17.3. The Labute approximate surface area is 175 Å². The molecule has 0 atom stereocenters. The van der Waals surface area contributed by atoms with E-state index in [9.17, 15) is 0 Å². The molecule has 2 aliphatic heterocycles. The fourth-order valence-corrected chi connectivity index (χ4v) is 4.77. The maximum absolute atomic E-state index is 5.49. The standard InChI is InChI=1S/C24H50N2O2/c1-25(17-21-27-22-18-25)15-13-11-9-7-5-3-4-6-8-10-12-14-16-26(2)19-23-28-24-20-26/h3-24H2,1-2H3/q+2. The molecule has 2 fully saturated rings. The molecular weight excluding hydrogens is 348 g/mol. The summed E-state index contributed by atoms with van der Waals surface area (Å²) >= 11 is 0. The first kappa shape index (κ1) is 24.1. The lowest BCUT2D eigenvalue weighted by atomic mass is 10.0. The summed E-state index contributed by atoms with van der Waals surface area (Å²) in [6, 6.07) is 0. The predicted octanol–water partition coefficient (Wildman–Crippen LogP) is 4.62. The second-order valence-electron chi connectivity index (χ2n) is 10.0. The molecule has 0 aromatic rings. The normalized spacial score (nSPS) is 21.6. The first-order valence-corrected chi connectivity index (χ1v) is 12.4. The van der Waals surface area contributed by atoms with E-state index in [2.05, 4.69) is 14.1 Å². The highest BCUT2D eigenvalue weighted by atomic mass is 16.5. The minimum absolute atomic E-state index is 0.963. The number of nitrogens with zero attached hydrogens (tertiary/aromatic N) is 2. The molecule has 2 rings (SSSR count). The average Bonchev–Trinajstić information content (AvgIpc) is 2.69. The van der Waals surface area contributed by atoms with Gasteiger partial charge in [0.05, 0.1) is 53.6 Å². The van der Waals surface area contributed by atoms with E-state index in [1.54, 1.807) is 0 Å². The number of rotatable bonds is 15. The summed E-state index contributed by atoms with van der Waals surface area (Å²) in [5.41, 5.74) is 0. The molecule has 2 saturated heterocycles. The summed E-state index contributed by atoms with van der Waals surface area (Å²) in [6.45, 7) is 11.4. The zero-order valence-corrected chi connectivity index (χ0v) is 19.3. The number of hydrogen-bond donors (Lipinski definition) is 0. The van der Waals surface area contributed by atoms with E-state index in [1.165, 1.54) is 125 Å². The Balaban J connectivity index is 1.28. The quantitative estimate of drug-likeness (QED) is 0.296. The third kappa shape index (κ3) is 10.6. The number of hydrogen-bond acceptors (Lipinski definition) is 2. The first-order chi connectivity index (χ1) is 13.6. The van der Waals surface area contributed by atoms with Crippen molar-refractivity contribution in [2.24, 2.45) is 0 Å². The lowest BCUT2D eigenvalue weighted by Gasteiger charge is -2.37. The van der Waals surface area contributed by atoms with Crippen LogP contribution in [0.2, 0.25) is 0 Å². The highest BCUT2D eigenvalue weighted by Crippen LogP contribution is 2.15. The lowest BCUT2D eigenvalue weighted by molar-refractivity contribution is -0.917. The van der Waals surface area contributed by atoms with Gasteiger partial charge in [-0.25, -0.2) is 0 Å². The van der Waals surface area contributed by atoms with Gasteiger partial charge in [0.1, 0.15) is 26.2 Å². The molecule has 0 spiro atoms. The fourth-order valence-electron chi connectivity index (χ4n) is 4.77. The van der Waals surface area contributed by atoms with Gasteiger partial charge in [-0.05, 0) is 25.7 Å². The van der Waals surface area contributed by atoms with Crippen molar-refractivity contribution in [2.75, 3.05) is 79.8 Å². The van der Waals surface area contributed by atoms with Gasteiger partial charge in [0.15, 0.2) is 0 Å². The van der Waals surface area contributed by atoms with Crippen LogP contribution in [-0.4, -0.2) is 88.8 Å². The van der Waals surface area contributed by atoms with E-state index in [0.717, 1.165) is 26.4 Å². The van der Waals surface area contributed by atoms with E-state index in [1.807, 2.05) is 0 Å². The number of likely N-dealkylation sites (N-methyl/N-ethyl adjacent to an activating group) is 2. The van der Waals surface area contributed by atoms with Gasteiger partial charge < -0.3 is 18.4 Å². The number of morpholine rings is 2. The van der Waals surface area contributed by atoms with E-state index in [4.69, 9.17) is 9.47 Å². The van der Waals surface area contributed by atoms with E-state index >= 15 is 0 Å². The SMILES string of the molecule is C[N+]1(CCCCCCCCCCCCCC[N+]2(C)CCOCC2)CCOCC1. The van der Waals surface area contributed by atoms with E-state index in [-0.39, 0.29) is 0 Å². The largest absolute Gasteiger partial charge is 0.370 e. The van der Waals surface area contributed by atoms with Gasteiger partial charge in [0.2, 0.25) is 0 Å². The Bertz CT molecular complexity index is 341. The van der Waals surface area contributed by atoms with Crippen molar-refractivity contribution < 1.29 is 18.4 Å². The molecule has 4 heteroatoms. The van der Waals surface area contributed by atoms with Gasteiger partial charge in [0, 0.05) is 0 Å². The Morgan fingerprint density at radius 3 is 0.964 bits per heavy atom. The van der Waals surface area contributed by atoms with Crippen molar-refractivity contribution in [3.8, 4) is 0 Å². The van der Waals surface area contributed by atoms with Gasteiger partial charge in [-0.1, -0.05) is 51.4 Å². The number of quaternary nitrogens is 2. The van der Waals surface area contributed by atoms with Crippen LogP contribution in [0.15, 0.2) is 0 Å². The number of unbranched alkanes of at least 4 members (excludes halogenated alkanes) is 11. The summed E-state index contributed by atoms with van der Waals surface area (Å²) in [4.78, 5) is 0. The molecule has 166 valence electrons. The Hall–Kier alpha value is -0.160. The van der Waals surface area contributed by atoms with E-state index < -0.39 is 0 Å². The number of ether oxygens (including phenoxy) is 2. The van der Waals surface area contributed by atoms with Crippen LogP contribution < -0.4 is 0 Å². The van der Waals surface area contributed by atoms with Gasteiger partial charge in [-0.15, -0.1) is 0 Å². The smallest absolute Gasteiger partial charge is 0.102 e. The first-order valence-electron chi connectivity index (χ1n) is 12.4. The van der Waals surface area contributed by atoms with Crippen LogP contribution in [0.5, 0.6) is 0 Å². The molecule has 28 heavy (non-hydrogen) atoms. The molecule has 0 amide bonds. The summed E-state index contributed by atoms with van der Waals surface area (Å²) < 4.78 is 13.5. The van der Waals surface area contributed by atoms with Crippen molar-refractivity contribution in [3.63, 3.8) is 0 Å². The van der Waals surface area contributed by atoms with Crippen molar-refractivity contribution in [1.82, 2.24) is 0 Å². The van der Waals surface area contributed by atoms with Gasteiger partial charge in [-0.2, -0.15) is 0 Å². The molecule has 0 bridgehead atoms. The van der Waals surface area contributed by atoms with E-state index in [0.29, 0.717) is 0 Å².